The Labute approximate surface area is 123 Å². The highest BCUT2D eigenvalue weighted by Crippen LogP contribution is 2.49. The van der Waals surface area contributed by atoms with Crippen LogP contribution in [0.1, 0.15) is 40.0 Å². The van der Waals surface area contributed by atoms with E-state index in [-0.39, 0.29) is 0 Å². The average molecular weight is 266 g/mol. The van der Waals surface area contributed by atoms with Gasteiger partial charge in [-0.1, -0.05) is 68.9 Å². The van der Waals surface area contributed by atoms with Gasteiger partial charge in [0.1, 0.15) is 0 Å². The van der Waals surface area contributed by atoms with E-state index in [9.17, 15) is 0 Å². The Morgan fingerprint density at radius 1 is 1.10 bits per heavy atom. The maximum absolute atomic E-state index is 2.52. The Hall–Kier alpha value is -1.30. The molecule has 3 rings (SSSR count). The molecule has 0 aromatic heterocycles. The van der Waals surface area contributed by atoms with Gasteiger partial charge in [0.05, 0.1) is 0 Å². The van der Waals surface area contributed by atoms with Crippen LogP contribution in [0.25, 0.3) is 0 Å². The minimum atomic E-state index is 0.540. The van der Waals surface area contributed by atoms with E-state index in [1.54, 1.807) is 11.1 Å². The lowest BCUT2D eigenvalue weighted by Crippen LogP contribution is -2.25. The predicted octanol–water partition coefficient (Wildman–Crippen LogP) is 5.61. The van der Waals surface area contributed by atoms with Crippen LogP contribution in [-0.4, -0.2) is 0 Å². The van der Waals surface area contributed by atoms with E-state index in [1.165, 1.54) is 24.8 Å². The molecule has 4 unspecified atom stereocenters. The van der Waals surface area contributed by atoms with Gasteiger partial charge in [0.15, 0.2) is 0 Å². The third-order valence-corrected chi connectivity index (χ3v) is 5.20. The van der Waals surface area contributed by atoms with E-state index < -0.39 is 0 Å². The molecule has 0 N–H and O–H groups in total. The van der Waals surface area contributed by atoms with Gasteiger partial charge in [0, 0.05) is 0 Å². The van der Waals surface area contributed by atoms with Crippen molar-refractivity contribution in [3.63, 3.8) is 0 Å². The molecule has 0 nitrogen and oxygen atoms in total. The summed E-state index contributed by atoms with van der Waals surface area (Å²) in [5, 5.41) is 0. The molecule has 0 heteroatoms. The third kappa shape index (κ3) is 2.37. The molecule has 0 aliphatic heterocycles. The van der Waals surface area contributed by atoms with Gasteiger partial charge < -0.3 is 0 Å². The number of hydrogen-bond acceptors (Lipinski definition) is 0. The highest BCUT2D eigenvalue weighted by Gasteiger charge is 2.37. The van der Waals surface area contributed by atoms with Crippen molar-refractivity contribution in [2.45, 2.75) is 40.0 Å². The monoisotopic (exact) mass is 266 g/mol. The van der Waals surface area contributed by atoms with Crippen LogP contribution in [-0.2, 0) is 0 Å². The van der Waals surface area contributed by atoms with E-state index in [0.29, 0.717) is 5.92 Å². The summed E-state index contributed by atoms with van der Waals surface area (Å²) >= 11 is 0. The van der Waals surface area contributed by atoms with Crippen LogP contribution in [0.4, 0.5) is 0 Å². The van der Waals surface area contributed by atoms with Crippen LogP contribution >= 0.6 is 0 Å². The smallest absolute Gasteiger partial charge is 0.00564 e. The highest BCUT2D eigenvalue weighted by atomic mass is 14.4. The van der Waals surface area contributed by atoms with Crippen molar-refractivity contribution in [2.24, 2.45) is 23.7 Å². The second-order valence-corrected chi connectivity index (χ2v) is 6.60. The minimum Gasteiger partial charge on any atom is -0.0844 e. The Kier molecular flexibility index (Phi) is 3.83. The van der Waals surface area contributed by atoms with Crippen LogP contribution in [0.3, 0.4) is 0 Å². The van der Waals surface area contributed by atoms with Gasteiger partial charge in [-0.05, 0) is 54.1 Å². The quantitative estimate of drug-likeness (QED) is 0.569. The molecule has 0 saturated heterocycles. The molecule has 106 valence electrons. The van der Waals surface area contributed by atoms with Gasteiger partial charge in [-0.2, -0.15) is 0 Å². The zero-order valence-electron chi connectivity index (χ0n) is 13.0. The van der Waals surface area contributed by atoms with Crippen molar-refractivity contribution in [2.75, 3.05) is 0 Å². The summed E-state index contributed by atoms with van der Waals surface area (Å²) in [6.45, 7) is 7.02. The summed E-state index contributed by atoms with van der Waals surface area (Å²) in [5.74, 6) is 2.87. The van der Waals surface area contributed by atoms with Gasteiger partial charge >= 0.3 is 0 Å². The predicted molar refractivity (Wildman–Crippen MR) is 87.4 cm³/mol. The first-order valence-electron chi connectivity index (χ1n) is 8.16. The van der Waals surface area contributed by atoms with Crippen molar-refractivity contribution in [3.05, 3.63) is 59.3 Å². The Morgan fingerprint density at radius 2 is 1.95 bits per heavy atom. The van der Waals surface area contributed by atoms with Crippen LogP contribution in [0.15, 0.2) is 59.3 Å². The Bertz CT molecular complexity index is 524. The first-order chi connectivity index (χ1) is 9.70. The van der Waals surface area contributed by atoms with Gasteiger partial charge in [-0.25, -0.2) is 0 Å². The lowest BCUT2D eigenvalue weighted by atomic mass is 9.69. The van der Waals surface area contributed by atoms with Crippen molar-refractivity contribution in [1.29, 1.82) is 0 Å². The average Bonchev–Trinajstić information content (AvgIpc) is 2.76. The maximum atomic E-state index is 2.52. The molecule has 0 aromatic rings. The molecule has 0 spiro atoms. The molecule has 0 amide bonds. The molecule has 20 heavy (non-hydrogen) atoms. The van der Waals surface area contributed by atoms with Gasteiger partial charge in [0.25, 0.3) is 0 Å². The summed E-state index contributed by atoms with van der Waals surface area (Å²) in [6, 6.07) is 0. The van der Waals surface area contributed by atoms with E-state index in [4.69, 9.17) is 0 Å². The maximum Gasteiger partial charge on any atom is -0.00564 e. The highest BCUT2D eigenvalue weighted by molar-refractivity contribution is 5.47. The molecule has 0 heterocycles. The molecular weight excluding hydrogens is 240 g/mol. The molecule has 0 saturated carbocycles. The molecule has 0 aromatic carbocycles. The normalized spacial score (nSPS) is 36.0. The fourth-order valence-electron chi connectivity index (χ4n) is 4.21. The number of allylic oxidation sites excluding steroid dienone is 10. The second kappa shape index (κ2) is 5.60. The fourth-order valence-corrected chi connectivity index (χ4v) is 4.21. The van der Waals surface area contributed by atoms with Crippen LogP contribution < -0.4 is 0 Å². The summed E-state index contributed by atoms with van der Waals surface area (Å²) in [4.78, 5) is 0. The lowest BCUT2D eigenvalue weighted by Gasteiger charge is -2.35. The van der Waals surface area contributed by atoms with Crippen LogP contribution in [0.2, 0.25) is 0 Å². The third-order valence-electron chi connectivity index (χ3n) is 5.20. The Morgan fingerprint density at radius 3 is 2.75 bits per heavy atom. The lowest BCUT2D eigenvalue weighted by molar-refractivity contribution is 0.315. The number of hydrogen-bond donors (Lipinski definition) is 0. The van der Waals surface area contributed by atoms with Crippen molar-refractivity contribution < 1.29 is 0 Å². The molecular formula is C20H26. The number of rotatable bonds is 2. The zero-order valence-corrected chi connectivity index (χ0v) is 13.0. The van der Waals surface area contributed by atoms with Crippen molar-refractivity contribution in [3.8, 4) is 0 Å². The van der Waals surface area contributed by atoms with Gasteiger partial charge in [-0.15, -0.1) is 0 Å². The first kappa shape index (κ1) is 13.7. The van der Waals surface area contributed by atoms with Crippen LogP contribution in [0, 0.1) is 23.7 Å². The summed E-state index contributed by atoms with van der Waals surface area (Å²) in [5.41, 5.74) is 4.78. The van der Waals surface area contributed by atoms with Crippen LogP contribution in [0.5, 0.6) is 0 Å². The SMILES string of the molecule is CCC1=CCC2C(C3=CC(C)C=CC=C3)=CCC(C)C12. The molecule has 3 aliphatic carbocycles. The van der Waals surface area contributed by atoms with E-state index >= 15 is 0 Å². The summed E-state index contributed by atoms with van der Waals surface area (Å²) in [6.07, 6.45) is 20.2. The van der Waals surface area contributed by atoms with Gasteiger partial charge in [0.2, 0.25) is 0 Å². The van der Waals surface area contributed by atoms with E-state index in [2.05, 4.69) is 63.3 Å². The summed E-state index contributed by atoms with van der Waals surface area (Å²) in [7, 11) is 0. The largest absolute Gasteiger partial charge is 0.0844 e. The fraction of sp³-hybridized carbons (Fsp3) is 0.500. The van der Waals surface area contributed by atoms with Gasteiger partial charge in [-0.3, -0.25) is 0 Å². The topological polar surface area (TPSA) is 0 Å². The Balaban J connectivity index is 1.92. The summed E-state index contributed by atoms with van der Waals surface area (Å²) < 4.78 is 0. The first-order valence-corrected chi connectivity index (χ1v) is 8.16. The number of fused-ring (bicyclic) bond motifs is 1. The molecule has 0 bridgehead atoms. The van der Waals surface area contributed by atoms with E-state index in [1.807, 2.05) is 0 Å². The minimum absolute atomic E-state index is 0.540. The van der Waals surface area contributed by atoms with Crippen molar-refractivity contribution >= 4 is 0 Å². The molecule has 3 aliphatic rings. The zero-order chi connectivity index (χ0) is 14.1. The standard InChI is InChI=1S/C20H26/c1-4-16-10-12-19-18(11-9-15(3)20(16)19)17-8-6-5-7-14(2)13-17/h5-8,10-11,13-15,19-20H,4,9,12H2,1-3H3. The van der Waals surface area contributed by atoms with Crippen molar-refractivity contribution in [1.82, 2.24) is 0 Å². The molecule has 4 atom stereocenters. The molecule has 0 fully saturated rings. The van der Waals surface area contributed by atoms with E-state index in [0.717, 1.165) is 17.8 Å². The molecule has 0 radical (unpaired) electrons. The second-order valence-electron chi connectivity index (χ2n) is 6.60.